The predicted molar refractivity (Wildman–Crippen MR) is 114 cm³/mol. The lowest BCUT2D eigenvalue weighted by molar-refractivity contribution is -0.130. The molecule has 0 heterocycles. The molecule has 1 saturated carbocycles. The Hall–Kier alpha value is -3.01. The molecule has 32 heavy (non-hydrogen) atoms. The first-order valence-corrected chi connectivity index (χ1v) is 11.7. The maximum Gasteiger partial charge on any atom is 0.341 e. The summed E-state index contributed by atoms with van der Waals surface area (Å²) in [5.74, 6) is -3.45. The summed E-state index contributed by atoms with van der Waals surface area (Å²) in [6.07, 6.45) is 3.82. The van der Waals surface area contributed by atoms with Gasteiger partial charge in [0, 0.05) is 6.04 Å². The van der Waals surface area contributed by atoms with Crippen molar-refractivity contribution in [2.45, 2.75) is 56.1 Å². The van der Waals surface area contributed by atoms with Gasteiger partial charge in [-0.05, 0) is 50.1 Å². The SMILES string of the molecule is CC(OC(=O)c1ccccc1NS(=O)(=O)c1cc(F)ccc1F)C(=O)NC1CCCCC1. The summed E-state index contributed by atoms with van der Waals surface area (Å²) < 4.78 is 59.8. The van der Waals surface area contributed by atoms with Gasteiger partial charge in [-0.15, -0.1) is 0 Å². The minimum Gasteiger partial charge on any atom is -0.449 e. The summed E-state index contributed by atoms with van der Waals surface area (Å²) in [6.45, 7) is 1.42. The molecule has 2 N–H and O–H groups in total. The van der Waals surface area contributed by atoms with Gasteiger partial charge in [0.2, 0.25) is 0 Å². The summed E-state index contributed by atoms with van der Waals surface area (Å²) in [5.41, 5.74) is -0.369. The Balaban J connectivity index is 1.73. The van der Waals surface area contributed by atoms with Gasteiger partial charge in [0.05, 0.1) is 11.3 Å². The van der Waals surface area contributed by atoms with E-state index in [9.17, 15) is 26.8 Å². The van der Waals surface area contributed by atoms with Gasteiger partial charge in [-0.25, -0.2) is 22.0 Å². The van der Waals surface area contributed by atoms with E-state index >= 15 is 0 Å². The monoisotopic (exact) mass is 466 g/mol. The topological polar surface area (TPSA) is 102 Å². The summed E-state index contributed by atoms with van der Waals surface area (Å²) in [6, 6.07) is 7.57. The van der Waals surface area contributed by atoms with Crippen LogP contribution in [0.3, 0.4) is 0 Å². The molecule has 3 rings (SSSR count). The molecule has 0 aromatic heterocycles. The molecular formula is C22H24F2N2O5S. The number of amides is 1. The molecule has 0 radical (unpaired) electrons. The Bertz CT molecular complexity index is 1100. The van der Waals surface area contributed by atoms with Crippen molar-refractivity contribution in [3.63, 3.8) is 0 Å². The number of hydrogen-bond donors (Lipinski definition) is 2. The quantitative estimate of drug-likeness (QED) is 0.605. The van der Waals surface area contributed by atoms with E-state index in [1.54, 1.807) is 0 Å². The largest absolute Gasteiger partial charge is 0.449 e. The van der Waals surface area contributed by atoms with Gasteiger partial charge in [0.15, 0.2) is 6.10 Å². The van der Waals surface area contributed by atoms with Crippen molar-refractivity contribution in [3.8, 4) is 0 Å². The molecule has 10 heteroatoms. The Morgan fingerprint density at radius 2 is 1.75 bits per heavy atom. The number of halogens is 2. The molecule has 0 saturated heterocycles. The molecule has 0 aliphatic heterocycles. The van der Waals surface area contributed by atoms with E-state index in [-0.39, 0.29) is 17.3 Å². The normalized spacial score (nSPS) is 15.6. The molecule has 2 aromatic rings. The Labute approximate surface area is 185 Å². The zero-order chi connectivity index (χ0) is 23.3. The highest BCUT2D eigenvalue weighted by molar-refractivity contribution is 7.92. The standard InChI is InChI=1S/C22H24F2N2O5S/c1-14(21(27)25-16-7-3-2-4-8-16)31-22(28)17-9-5-6-10-19(17)26-32(29,30)20-13-15(23)11-12-18(20)24/h5-6,9-14,16,26H,2-4,7-8H2,1H3,(H,25,27). The Morgan fingerprint density at radius 3 is 2.47 bits per heavy atom. The summed E-state index contributed by atoms with van der Waals surface area (Å²) >= 11 is 0. The highest BCUT2D eigenvalue weighted by Gasteiger charge is 2.26. The number of hydrogen-bond acceptors (Lipinski definition) is 5. The van der Waals surface area contributed by atoms with E-state index in [0.717, 1.165) is 38.2 Å². The van der Waals surface area contributed by atoms with Crippen LogP contribution >= 0.6 is 0 Å². The molecule has 0 spiro atoms. The first-order valence-electron chi connectivity index (χ1n) is 10.3. The van der Waals surface area contributed by atoms with E-state index in [0.29, 0.717) is 12.1 Å². The van der Waals surface area contributed by atoms with Crippen LogP contribution in [0.1, 0.15) is 49.4 Å². The maximum atomic E-state index is 14.0. The highest BCUT2D eigenvalue weighted by atomic mass is 32.2. The molecule has 172 valence electrons. The highest BCUT2D eigenvalue weighted by Crippen LogP contribution is 2.24. The van der Waals surface area contributed by atoms with Crippen LogP contribution in [0.15, 0.2) is 47.4 Å². The van der Waals surface area contributed by atoms with Gasteiger partial charge >= 0.3 is 5.97 Å². The van der Waals surface area contributed by atoms with Crippen LogP contribution in [0.2, 0.25) is 0 Å². The number of carbonyl (C=O) groups is 2. The Morgan fingerprint density at radius 1 is 1.06 bits per heavy atom. The van der Waals surface area contributed by atoms with E-state index in [1.165, 1.54) is 31.2 Å². The van der Waals surface area contributed by atoms with Crippen molar-refractivity contribution in [1.82, 2.24) is 5.32 Å². The maximum absolute atomic E-state index is 14.0. The second-order valence-electron chi connectivity index (χ2n) is 7.62. The van der Waals surface area contributed by atoms with Crippen LogP contribution in [0.4, 0.5) is 14.5 Å². The van der Waals surface area contributed by atoms with Gasteiger partial charge in [-0.1, -0.05) is 31.4 Å². The second-order valence-corrected chi connectivity index (χ2v) is 9.27. The molecule has 7 nitrogen and oxygen atoms in total. The number of nitrogens with one attached hydrogen (secondary N) is 2. The van der Waals surface area contributed by atoms with Crippen molar-refractivity contribution in [1.29, 1.82) is 0 Å². The number of benzene rings is 2. The fourth-order valence-corrected chi connectivity index (χ4v) is 4.65. The number of esters is 1. The third-order valence-corrected chi connectivity index (χ3v) is 6.56. The van der Waals surface area contributed by atoms with Crippen LogP contribution in [0.5, 0.6) is 0 Å². The van der Waals surface area contributed by atoms with E-state index < -0.39 is 44.5 Å². The van der Waals surface area contributed by atoms with Crippen LogP contribution in [-0.4, -0.2) is 32.4 Å². The lowest BCUT2D eigenvalue weighted by atomic mass is 9.95. The third kappa shape index (κ3) is 5.82. The zero-order valence-corrected chi connectivity index (χ0v) is 18.3. The van der Waals surface area contributed by atoms with Crippen molar-refractivity contribution >= 4 is 27.6 Å². The van der Waals surface area contributed by atoms with Gasteiger partial charge in [-0.2, -0.15) is 0 Å². The average molecular weight is 467 g/mol. The molecule has 1 unspecified atom stereocenters. The number of carbonyl (C=O) groups excluding carboxylic acids is 2. The number of sulfonamides is 1. The van der Waals surface area contributed by atoms with Gasteiger partial charge in [0.25, 0.3) is 15.9 Å². The smallest absolute Gasteiger partial charge is 0.341 e. The summed E-state index contributed by atoms with van der Waals surface area (Å²) in [7, 11) is -4.54. The van der Waals surface area contributed by atoms with Crippen LogP contribution in [-0.2, 0) is 19.6 Å². The van der Waals surface area contributed by atoms with Gasteiger partial charge < -0.3 is 10.1 Å². The molecular weight excluding hydrogens is 442 g/mol. The second kappa shape index (κ2) is 10.1. The van der Waals surface area contributed by atoms with Crippen molar-refractivity contribution < 1.29 is 31.5 Å². The number of rotatable bonds is 7. The lowest BCUT2D eigenvalue weighted by Gasteiger charge is -2.24. The molecule has 1 fully saturated rings. The minimum atomic E-state index is -4.54. The molecule has 0 bridgehead atoms. The molecule has 1 aliphatic carbocycles. The fourth-order valence-electron chi connectivity index (χ4n) is 3.48. The lowest BCUT2D eigenvalue weighted by Crippen LogP contribution is -2.42. The molecule has 1 amide bonds. The van der Waals surface area contributed by atoms with Gasteiger partial charge in [0.1, 0.15) is 16.5 Å². The van der Waals surface area contributed by atoms with Crippen LogP contribution < -0.4 is 10.0 Å². The number of para-hydroxylation sites is 1. The summed E-state index contributed by atoms with van der Waals surface area (Å²) in [4.78, 5) is 24.1. The molecule has 1 atom stereocenters. The summed E-state index contributed by atoms with van der Waals surface area (Å²) in [5, 5.41) is 2.86. The average Bonchev–Trinajstić information content (AvgIpc) is 2.76. The fraction of sp³-hybridized carbons (Fsp3) is 0.364. The number of anilines is 1. The van der Waals surface area contributed by atoms with Crippen molar-refractivity contribution in [2.75, 3.05) is 4.72 Å². The van der Waals surface area contributed by atoms with E-state index in [2.05, 4.69) is 10.0 Å². The van der Waals surface area contributed by atoms with Crippen LogP contribution in [0.25, 0.3) is 0 Å². The van der Waals surface area contributed by atoms with E-state index in [4.69, 9.17) is 4.74 Å². The van der Waals surface area contributed by atoms with E-state index in [1.807, 2.05) is 0 Å². The molecule has 1 aliphatic rings. The van der Waals surface area contributed by atoms with Crippen molar-refractivity contribution in [3.05, 3.63) is 59.7 Å². The van der Waals surface area contributed by atoms with Crippen molar-refractivity contribution in [2.24, 2.45) is 0 Å². The molecule has 2 aromatic carbocycles. The van der Waals surface area contributed by atoms with Crippen LogP contribution in [0, 0.1) is 11.6 Å². The Kier molecular flexibility index (Phi) is 7.44. The predicted octanol–water partition coefficient (Wildman–Crippen LogP) is 3.76. The third-order valence-electron chi connectivity index (χ3n) is 5.18. The minimum absolute atomic E-state index is 0.0395. The first kappa shape index (κ1) is 23.6. The zero-order valence-electron chi connectivity index (χ0n) is 17.4. The first-order chi connectivity index (χ1) is 15.2. The number of ether oxygens (including phenoxy) is 1. The van der Waals surface area contributed by atoms with Gasteiger partial charge in [-0.3, -0.25) is 9.52 Å².